The molecule has 1 rings (SSSR count). The molecule has 17 heavy (non-hydrogen) atoms. The van der Waals surface area contributed by atoms with Crippen molar-refractivity contribution in [3.8, 4) is 0 Å². The summed E-state index contributed by atoms with van der Waals surface area (Å²) in [6.07, 6.45) is 2.12. The summed E-state index contributed by atoms with van der Waals surface area (Å²) in [5.41, 5.74) is 9.44. The number of nitrogen functional groups attached to an aromatic ring is 1. The molecule has 1 aromatic rings. The maximum Gasteiger partial charge on any atom is 0.0920 e. The Morgan fingerprint density at radius 1 is 1.00 bits per heavy atom. The lowest BCUT2D eigenvalue weighted by molar-refractivity contribution is 1.04. The Balaban J connectivity index is 0.000000366. The van der Waals surface area contributed by atoms with Crippen molar-refractivity contribution in [1.82, 2.24) is 0 Å². The smallest absolute Gasteiger partial charge is 0.0920 e. The number of anilines is 1. The van der Waals surface area contributed by atoms with E-state index in [1.54, 1.807) is 0 Å². The van der Waals surface area contributed by atoms with Gasteiger partial charge in [-0.15, -0.1) is 0 Å². The van der Waals surface area contributed by atoms with Crippen molar-refractivity contribution >= 4 is 69.4 Å². The van der Waals surface area contributed by atoms with Crippen molar-refractivity contribution in [2.75, 3.05) is 5.73 Å². The summed E-state index contributed by atoms with van der Waals surface area (Å²) in [5.74, 6) is 0. The van der Waals surface area contributed by atoms with E-state index in [-0.39, 0.29) is 0 Å². The molecule has 0 aromatic heterocycles. The van der Waals surface area contributed by atoms with Gasteiger partial charge in [0.1, 0.15) is 0 Å². The van der Waals surface area contributed by atoms with Crippen LogP contribution in [0.5, 0.6) is 0 Å². The zero-order chi connectivity index (χ0) is 13.4. The van der Waals surface area contributed by atoms with Gasteiger partial charge < -0.3 is 5.73 Å². The van der Waals surface area contributed by atoms with Crippen LogP contribution in [0.4, 0.5) is 5.69 Å². The van der Waals surface area contributed by atoms with E-state index in [2.05, 4.69) is 83.6 Å². The molecule has 0 radical (unpaired) electrons. The van der Waals surface area contributed by atoms with Crippen LogP contribution < -0.4 is 5.73 Å². The molecule has 0 atom stereocenters. The third-order valence-corrected chi connectivity index (χ3v) is 7.19. The minimum atomic E-state index is 0.310. The van der Waals surface area contributed by atoms with Crippen LogP contribution in [0.15, 0.2) is 18.2 Å². The van der Waals surface area contributed by atoms with Gasteiger partial charge in [0.05, 0.1) is 7.47 Å². The highest BCUT2D eigenvalue weighted by molar-refractivity contribution is 9.29. The van der Waals surface area contributed by atoms with Crippen LogP contribution in [0.2, 0.25) is 0 Å². The van der Waals surface area contributed by atoms with Gasteiger partial charge in [0.15, 0.2) is 0 Å². The lowest BCUT2D eigenvalue weighted by Crippen LogP contribution is -1.97. The van der Waals surface area contributed by atoms with E-state index < -0.39 is 0 Å². The number of nitrogens with two attached hydrogens (primary N) is 1. The molecule has 0 bridgehead atoms. The second-order valence-electron chi connectivity index (χ2n) is 3.36. The van der Waals surface area contributed by atoms with E-state index >= 15 is 0 Å². The fourth-order valence-electron chi connectivity index (χ4n) is 1.42. The number of halogens is 4. The Labute approximate surface area is 137 Å². The van der Waals surface area contributed by atoms with Gasteiger partial charge in [0, 0.05) is 5.69 Å². The molecule has 0 unspecified atom stereocenters. The van der Waals surface area contributed by atoms with Crippen LogP contribution in [0.25, 0.3) is 0 Å². The molecule has 98 valence electrons. The molecule has 0 spiro atoms. The van der Waals surface area contributed by atoms with Crippen molar-refractivity contribution in [3.63, 3.8) is 0 Å². The van der Waals surface area contributed by atoms with E-state index in [0.717, 1.165) is 18.5 Å². The first-order chi connectivity index (χ1) is 7.93. The van der Waals surface area contributed by atoms with E-state index in [9.17, 15) is 0 Å². The van der Waals surface area contributed by atoms with Gasteiger partial charge in [-0.25, -0.2) is 0 Å². The molecule has 0 aliphatic rings. The van der Waals surface area contributed by atoms with E-state index in [4.69, 9.17) is 5.73 Å². The molecule has 0 aliphatic heterocycles. The second kappa shape index (κ2) is 9.82. The van der Waals surface area contributed by atoms with Crippen LogP contribution in [-0.2, 0) is 12.8 Å². The summed E-state index contributed by atoms with van der Waals surface area (Å²) in [7, 11) is 0. The Morgan fingerprint density at radius 2 is 1.53 bits per heavy atom. The quantitative estimate of drug-likeness (QED) is 0.429. The SMILES string of the molecule is BrC(Br)C(Br)Br.CCc1cccc(N)c1CC. The maximum atomic E-state index is 5.81. The van der Waals surface area contributed by atoms with Gasteiger partial charge in [-0.05, 0) is 30.0 Å². The molecular formula is C12H17Br4N. The Bertz CT molecular complexity index is 320. The first-order valence-corrected chi connectivity index (χ1v) is 9.02. The Kier molecular flexibility index (Phi) is 10.4. The minimum Gasteiger partial charge on any atom is -0.398 e. The standard InChI is InChI=1S/C10H15N.C2H2Br4/c1-3-8-6-5-7-10(11)9(8)4-2;3-1(4)2(5)6/h5-7H,3-4,11H2,1-2H3;1-2H. The molecular weight excluding hydrogens is 478 g/mol. The Morgan fingerprint density at radius 3 is 1.82 bits per heavy atom. The van der Waals surface area contributed by atoms with Gasteiger partial charge in [-0.2, -0.15) is 0 Å². The third kappa shape index (κ3) is 7.19. The zero-order valence-corrected chi connectivity index (χ0v) is 16.2. The summed E-state index contributed by atoms with van der Waals surface area (Å²) in [4.78, 5) is 0. The lowest BCUT2D eigenvalue weighted by atomic mass is 10.0. The highest BCUT2D eigenvalue weighted by Crippen LogP contribution is 2.24. The molecule has 0 fully saturated rings. The number of hydrogen-bond acceptors (Lipinski definition) is 1. The van der Waals surface area contributed by atoms with Gasteiger partial charge in [0.25, 0.3) is 0 Å². The minimum absolute atomic E-state index is 0.310. The van der Waals surface area contributed by atoms with Crippen molar-refractivity contribution in [2.24, 2.45) is 0 Å². The molecule has 0 saturated heterocycles. The maximum absolute atomic E-state index is 5.81. The zero-order valence-electron chi connectivity index (χ0n) is 9.89. The Hall–Kier alpha value is 0.940. The first kappa shape index (κ1) is 17.9. The van der Waals surface area contributed by atoms with Gasteiger partial charge in [-0.3, -0.25) is 0 Å². The molecule has 1 aromatic carbocycles. The number of aryl methyl sites for hydroxylation is 1. The molecule has 1 nitrogen and oxygen atoms in total. The molecule has 0 heterocycles. The topological polar surface area (TPSA) is 26.0 Å². The fraction of sp³-hybridized carbons (Fsp3) is 0.500. The highest BCUT2D eigenvalue weighted by atomic mass is 79.9. The van der Waals surface area contributed by atoms with Crippen molar-refractivity contribution in [1.29, 1.82) is 0 Å². The van der Waals surface area contributed by atoms with Crippen molar-refractivity contribution in [3.05, 3.63) is 29.3 Å². The average Bonchev–Trinajstić information content (AvgIpc) is 2.29. The molecule has 5 heteroatoms. The summed E-state index contributed by atoms with van der Waals surface area (Å²) in [5, 5.41) is 0. The fourth-order valence-corrected chi connectivity index (χ4v) is 1.42. The predicted octanol–water partition coefficient (Wildman–Crippen LogP) is 5.61. The van der Waals surface area contributed by atoms with E-state index in [1.165, 1.54) is 11.1 Å². The molecule has 0 aliphatic carbocycles. The normalized spacial score (nSPS) is 10.4. The molecule has 0 saturated carbocycles. The van der Waals surface area contributed by atoms with E-state index in [0.29, 0.717) is 7.47 Å². The van der Waals surface area contributed by atoms with Crippen LogP contribution in [-0.4, -0.2) is 7.47 Å². The van der Waals surface area contributed by atoms with Crippen LogP contribution in [0.1, 0.15) is 25.0 Å². The van der Waals surface area contributed by atoms with Gasteiger partial charge >= 0.3 is 0 Å². The summed E-state index contributed by atoms with van der Waals surface area (Å²) < 4.78 is 0.620. The number of alkyl halides is 4. The molecule has 2 N–H and O–H groups in total. The number of rotatable bonds is 3. The van der Waals surface area contributed by atoms with Crippen LogP contribution in [0.3, 0.4) is 0 Å². The van der Waals surface area contributed by atoms with Gasteiger partial charge in [0.2, 0.25) is 0 Å². The highest BCUT2D eigenvalue weighted by Gasteiger charge is 2.04. The first-order valence-electron chi connectivity index (χ1n) is 5.36. The molecule has 0 amide bonds. The number of hydrogen-bond donors (Lipinski definition) is 1. The van der Waals surface area contributed by atoms with Crippen LogP contribution in [0, 0.1) is 0 Å². The predicted molar refractivity (Wildman–Crippen MR) is 92.9 cm³/mol. The van der Waals surface area contributed by atoms with Gasteiger partial charge in [-0.1, -0.05) is 89.7 Å². The average molecular weight is 495 g/mol. The largest absolute Gasteiger partial charge is 0.398 e. The lowest BCUT2D eigenvalue weighted by Gasteiger charge is -2.07. The monoisotopic (exact) mass is 491 g/mol. The third-order valence-electron chi connectivity index (χ3n) is 2.23. The number of benzene rings is 1. The summed E-state index contributed by atoms with van der Waals surface area (Å²) in [6.45, 7) is 4.30. The summed E-state index contributed by atoms with van der Waals surface area (Å²) in [6, 6.07) is 6.14. The van der Waals surface area contributed by atoms with Crippen molar-refractivity contribution < 1.29 is 0 Å². The van der Waals surface area contributed by atoms with E-state index in [1.807, 2.05) is 12.1 Å². The second-order valence-corrected chi connectivity index (χ2v) is 9.76. The van der Waals surface area contributed by atoms with Crippen molar-refractivity contribution in [2.45, 2.75) is 34.2 Å². The summed E-state index contributed by atoms with van der Waals surface area (Å²) >= 11 is 13.0. The van der Waals surface area contributed by atoms with Crippen LogP contribution >= 0.6 is 63.7 Å².